The van der Waals surface area contributed by atoms with E-state index in [0.717, 1.165) is 0 Å². The van der Waals surface area contributed by atoms with E-state index >= 15 is 0 Å². The van der Waals surface area contributed by atoms with Crippen LogP contribution < -0.4 is 24.6 Å². The fourth-order valence-electron chi connectivity index (χ4n) is 1.44. The van der Waals surface area contributed by atoms with Gasteiger partial charge in [0.05, 0.1) is 14.3 Å². The van der Waals surface area contributed by atoms with Gasteiger partial charge in [-0.05, 0) is 0 Å². The van der Waals surface area contributed by atoms with E-state index in [9.17, 15) is 14.0 Å². The molecule has 18 heavy (non-hydrogen) atoms. The quantitative estimate of drug-likeness (QED) is 0.671. The zero-order chi connectivity index (χ0) is 13.0. The molecule has 0 fully saturated rings. The Hall–Kier alpha value is -1.00. The monoisotopic (exact) mass is 284 g/mol. The highest BCUT2D eigenvalue weighted by molar-refractivity contribution is 7.68. The second-order valence-corrected chi connectivity index (χ2v) is 6.34. The molecule has 0 aliphatic heterocycles. The Bertz CT molecular complexity index is 447. The molecule has 0 unspecified atom stereocenters. The predicted molar refractivity (Wildman–Crippen MR) is 60.2 cm³/mol. The smallest absolute Gasteiger partial charge is 0.183 e. The van der Waals surface area contributed by atoms with Crippen molar-refractivity contribution in [2.45, 2.75) is 0 Å². The Balaban J connectivity index is 2.36. The Kier molecular flexibility index (Phi) is 4.30. The van der Waals surface area contributed by atoms with Gasteiger partial charge in [0.15, 0.2) is 0 Å². The molecule has 2 aromatic carbocycles. The maximum absolute atomic E-state index is 10.8. The largest absolute Gasteiger partial charge is 0.278 e. The van der Waals surface area contributed by atoms with Gasteiger partial charge < -0.3 is 0 Å². The van der Waals surface area contributed by atoms with Crippen molar-refractivity contribution in [2.24, 2.45) is 0 Å². The summed E-state index contributed by atoms with van der Waals surface area (Å²) in [6.45, 7) is 0. The van der Waals surface area contributed by atoms with Crippen LogP contribution >= 0.6 is 8.15 Å². The van der Waals surface area contributed by atoms with E-state index < -0.39 is 18.4 Å². The molecule has 0 bridgehead atoms. The molecule has 2 rings (SSSR count). The minimum atomic E-state index is -4.46. The third-order valence-electron chi connectivity index (χ3n) is 2.13. The molecule has 0 heterocycles. The normalized spacial score (nSPS) is 11.8. The topological polar surface area (TPSA) is 78.4 Å². The summed E-state index contributed by atoms with van der Waals surface area (Å²) in [7, 11) is -6.11. The zero-order valence-electron chi connectivity index (χ0n) is 9.23. The van der Waals surface area contributed by atoms with E-state index in [1.165, 1.54) is 0 Å². The van der Waals surface area contributed by atoms with Crippen molar-refractivity contribution >= 4 is 18.8 Å². The van der Waals surface area contributed by atoms with E-state index in [2.05, 4.69) is 4.08 Å². The van der Waals surface area contributed by atoms with E-state index in [1.54, 1.807) is 48.5 Å². The first-order valence-corrected chi connectivity index (χ1v) is 7.56. The summed E-state index contributed by atoms with van der Waals surface area (Å²) in [6, 6.07) is 17.6. The molecule has 0 saturated heterocycles. The maximum atomic E-state index is 10.8. The summed E-state index contributed by atoms with van der Waals surface area (Å²) >= 11 is 0. The molecule has 0 N–H and O–H groups in total. The van der Waals surface area contributed by atoms with Crippen LogP contribution in [0, 0.1) is 10.2 Å². The Morgan fingerprint density at radius 3 is 1.44 bits per heavy atom. The lowest BCUT2D eigenvalue weighted by Gasteiger charge is -2.18. The summed E-state index contributed by atoms with van der Waals surface area (Å²) in [4.78, 5) is 0. The Labute approximate surface area is 108 Å². The van der Waals surface area contributed by atoms with E-state index in [1.807, 2.05) is 12.1 Å². The van der Waals surface area contributed by atoms with Crippen LogP contribution in [0.25, 0.3) is 0 Å². The molecule has 0 aliphatic rings. The molecule has 4 nitrogen and oxygen atoms in total. The molecule has 0 aliphatic carbocycles. The fourth-order valence-corrected chi connectivity index (χ4v) is 3.94. The van der Waals surface area contributed by atoms with Crippen LogP contribution in [-0.2, 0) is 4.08 Å². The van der Waals surface area contributed by atoms with Crippen LogP contribution in [-0.4, -0.2) is 0 Å². The van der Waals surface area contributed by atoms with Gasteiger partial charge in [0, 0.05) is 10.6 Å². The van der Waals surface area contributed by atoms with Crippen molar-refractivity contribution in [1.82, 2.24) is 0 Å². The highest BCUT2D eigenvalue weighted by atomic mass is 35.7. The average molecular weight is 285 g/mol. The molecule has 0 amide bonds. The van der Waals surface area contributed by atoms with Crippen LogP contribution in [0.15, 0.2) is 60.7 Å². The van der Waals surface area contributed by atoms with E-state index in [0.29, 0.717) is 10.6 Å². The zero-order valence-corrected chi connectivity index (χ0v) is 10.9. The third kappa shape index (κ3) is 3.75. The van der Waals surface area contributed by atoms with Gasteiger partial charge in [-0.2, -0.15) is 14.0 Å². The van der Waals surface area contributed by atoms with Gasteiger partial charge in [0.2, 0.25) is 0 Å². The predicted octanol–water partition coefficient (Wildman–Crippen LogP) is -1.05. The molecule has 6 heteroatoms. The molecular weight excluding hydrogens is 275 g/mol. The number of benzene rings is 2. The maximum Gasteiger partial charge on any atom is 0.278 e. The standard InChI is InChI=1S/C12H10ClO4P/c14-13(15,16)17-18(11-7-3-1-4-8-11)12-9-5-2-6-10-12/h1-10H. The number of rotatable bonds is 4. The molecule has 0 atom stereocenters. The molecule has 94 valence electrons. The highest BCUT2D eigenvalue weighted by Crippen LogP contribution is 2.36. The van der Waals surface area contributed by atoms with Crippen molar-refractivity contribution in [3.05, 3.63) is 60.7 Å². The van der Waals surface area contributed by atoms with Crippen LogP contribution in [0.1, 0.15) is 0 Å². The lowest BCUT2D eigenvalue weighted by atomic mass is 10.4. The highest BCUT2D eigenvalue weighted by Gasteiger charge is 2.32. The van der Waals surface area contributed by atoms with Gasteiger partial charge in [-0.15, -0.1) is 0 Å². The van der Waals surface area contributed by atoms with Crippen LogP contribution in [0.3, 0.4) is 0 Å². The molecular formula is C12H10ClO4P. The minimum Gasteiger partial charge on any atom is -0.183 e. The second kappa shape index (κ2) is 5.76. The first-order valence-electron chi connectivity index (χ1n) is 5.07. The van der Waals surface area contributed by atoms with E-state index in [-0.39, 0.29) is 0 Å². The van der Waals surface area contributed by atoms with Crippen molar-refractivity contribution in [3.63, 3.8) is 0 Å². The van der Waals surface area contributed by atoms with Crippen LogP contribution in [0.5, 0.6) is 0 Å². The molecule has 0 spiro atoms. The Morgan fingerprint density at radius 1 is 0.722 bits per heavy atom. The fraction of sp³-hybridized carbons (Fsp3) is 0. The van der Waals surface area contributed by atoms with Crippen molar-refractivity contribution < 1.29 is 28.3 Å². The lowest BCUT2D eigenvalue weighted by Crippen LogP contribution is -2.60. The third-order valence-corrected chi connectivity index (χ3v) is 4.90. The van der Waals surface area contributed by atoms with Gasteiger partial charge in [0.1, 0.15) is 0 Å². The van der Waals surface area contributed by atoms with Gasteiger partial charge in [-0.25, -0.2) is 0 Å². The minimum absolute atomic E-state index is 0.672. The van der Waals surface area contributed by atoms with Gasteiger partial charge in [-0.1, -0.05) is 60.7 Å². The van der Waals surface area contributed by atoms with Gasteiger partial charge >= 0.3 is 0 Å². The second-order valence-electron chi connectivity index (χ2n) is 3.41. The van der Waals surface area contributed by atoms with Gasteiger partial charge in [-0.3, -0.25) is 0 Å². The summed E-state index contributed by atoms with van der Waals surface area (Å²) in [5.74, 6) is 0. The number of hydrogen-bond donors (Lipinski definition) is 0. The summed E-state index contributed by atoms with van der Waals surface area (Å²) in [5, 5.41) is 1.34. The lowest BCUT2D eigenvalue weighted by molar-refractivity contribution is -1.91. The molecule has 0 aromatic heterocycles. The number of halogens is 1. The van der Waals surface area contributed by atoms with E-state index in [4.69, 9.17) is 0 Å². The van der Waals surface area contributed by atoms with Gasteiger partial charge in [0.25, 0.3) is 8.15 Å². The number of hydrogen-bond acceptors (Lipinski definition) is 4. The van der Waals surface area contributed by atoms with Crippen LogP contribution in [0.4, 0.5) is 0 Å². The molecule has 0 saturated carbocycles. The van der Waals surface area contributed by atoms with Crippen molar-refractivity contribution in [3.8, 4) is 0 Å². The van der Waals surface area contributed by atoms with Crippen molar-refractivity contribution in [1.29, 1.82) is 0 Å². The summed E-state index contributed by atoms with van der Waals surface area (Å²) in [6.07, 6.45) is 0. The SMILES string of the molecule is [O-][Cl+3]([O-])([O-])OP(c1ccccc1)c1ccccc1. The first-order chi connectivity index (χ1) is 8.56. The average Bonchev–Trinajstić information content (AvgIpc) is 2.37. The van der Waals surface area contributed by atoms with Crippen molar-refractivity contribution in [2.75, 3.05) is 0 Å². The Morgan fingerprint density at radius 2 is 1.11 bits per heavy atom. The van der Waals surface area contributed by atoms with Crippen LogP contribution in [0.2, 0.25) is 0 Å². The molecule has 2 aromatic rings. The summed E-state index contributed by atoms with van der Waals surface area (Å²) in [5.41, 5.74) is 0. The molecule has 0 radical (unpaired) electrons. The summed E-state index contributed by atoms with van der Waals surface area (Å²) < 4.78 is 37.1. The first kappa shape index (κ1) is 13.4.